The summed E-state index contributed by atoms with van der Waals surface area (Å²) in [7, 11) is 2.86. The summed E-state index contributed by atoms with van der Waals surface area (Å²) in [6.45, 7) is 0.137. The van der Waals surface area contributed by atoms with E-state index in [9.17, 15) is 4.79 Å². The highest BCUT2D eigenvalue weighted by molar-refractivity contribution is 6.33. The van der Waals surface area contributed by atoms with E-state index >= 15 is 0 Å². The van der Waals surface area contributed by atoms with E-state index in [0.29, 0.717) is 17.6 Å². The first-order valence-corrected chi connectivity index (χ1v) is 4.82. The number of nitrogens with one attached hydrogen (secondary N) is 1. The molecule has 0 aromatic heterocycles. The van der Waals surface area contributed by atoms with Crippen LogP contribution in [0, 0.1) is 0 Å². The zero-order chi connectivity index (χ0) is 12.1. The van der Waals surface area contributed by atoms with Crippen molar-refractivity contribution in [1.29, 1.82) is 0 Å². The lowest BCUT2D eigenvalue weighted by Crippen LogP contribution is -2.09. The molecule has 1 aromatic carbocycles. The van der Waals surface area contributed by atoms with Crippen LogP contribution < -0.4 is 15.0 Å². The molecule has 1 aromatic rings. The molecule has 0 amide bonds. The van der Waals surface area contributed by atoms with E-state index in [4.69, 9.17) is 26.3 Å². The van der Waals surface area contributed by atoms with Crippen molar-refractivity contribution < 1.29 is 19.5 Å². The molecule has 0 saturated carbocycles. The molecule has 5 nitrogen and oxygen atoms in total. The van der Waals surface area contributed by atoms with Gasteiger partial charge in [-0.3, -0.25) is 4.79 Å². The number of rotatable bonds is 5. The molecule has 0 saturated heterocycles. The van der Waals surface area contributed by atoms with Gasteiger partial charge in [-0.15, -0.1) is 0 Å². The number of methoxy groups -OCH3 is 2. The molecule has 0 bridgehead atoms. The van der Waals surface area contributed by atoms with E-state index in [1.165, 1.54) is 20.3 Å². The summed E-state index contributed by atoms with van der Waals surface area (Å²) >= 11 is 5.90. The van der Waals surface area contributed by atoms with Gasteiger partial charge in [-0.1, -0.05) is 11.6 Å². The Morgan fingerprint density at radius 3 is 2.50 bits per heavy atom. The first-order chi connectivity index (χ1) is 7.69. The molecule has 0 radical (unpaired) electrons. The van der Waals surface area contributed by atoms with Crippen LogP contribution in [0.2, 0.25) is 5.02 Å². The van der Waals surface area contributed by atoms with Crippen LogP contribution in [0.5, 0.6) is 11.5 Å². The average molecular weight is 246 g/mol. The summed E-state index contributed by atoms with van der Waals surface area (Å²) in [5.74, 6) is 0.630. The van der Waals surface area contributed by atoms with Crippen molar-refractivity contribution in [3.63, 3.8) is 0 Å². The monoisotopic (exact) mass is 245 g/mol. The molecule has 0 unspecified atom stereocenters. The maximum atomic E-state index is 10.9. The average Bonchev–Trinajstić information content (AvgIpc) is 2.28. The first kappa shape index (κ1) is 12.8. The van der Waals surface area contributed by atoms with Crippen molar-refractivity contribution in [1.82, 2.24) is 5.48 Å². The highest BCUT2D eigenvalue weighted by Gasteiger charge is 2.18. The second kappa shape index (κ2) is 5.69. The minimum absolute atomic E-state index is 0.137. The topological polar surface area (TPSA) is 67.8 Å². The van der Waals surface area contributed by atoms with Gasteiger partial charge in [0.05, 0.1) is 24.8 Å². The molecule has 88 valence electrons. The predicted octanol–water partition coefficient (Wildman–Crippen LogP) is 1.65. The molecule has 0 heterocycles. The first-order valence-electron chi connectivity index (χ1n) is 4.45. The van der Waals surface area contributed by atoms with Crippen LogP contribution in [-0.2, 0) is 6.54 Å². The van der Waals surface area contributed by atoms with Gasteiger partial charge in [0, 0.05) is 12.1 Å². The molecule has 1 rings (SSSR count). The highest BCUT2D eigenvalue weighted by Crippen LogP contribution is 2.38. The second-order valence-corrected chi connectivity index (χ2v) is 3.36. The Morgan fingerprint density at radius 1 is 1.44 bits per heavy atom. The number of hydroxylamine groups is 1. The van der Waals surface area contributed by atoms with E-state index in [-0.39, 0.29) is 22.9 Å². The van der Waals surface area contributed by atoms with Crippen LogP contribution in [0.15, 0.2) is 6.07 Å². The van der Waals surface area contributed by atoms with E-state index in [1.54, 1.807) is 0 Å². The van der Waals surface area contributed by atoms with E-state index in [0.717, 1.165) is 0 Å². The normalized spacial score (nSPS) is 10.0. The maximum Gasteiger partial charge on any atom is 0.173 e. The van der Waals surface area contributed by atoms with Crippen LogP contribution in [-0.4, -0.2) is 25.7 Å². The Balaban J connectivity index is 3.43. The minimum atomic E-state index is 0.137. The molecule has 0 atom stereocenters. The standard InChI is InChI=1S/C10H12ClNO4/c1-15-9-6(4-12-14)3-8(11)7(5-13)10(9)16-2/h3,5,12,14H,4H2,1-2H3. The van der Waals surface area contributed by atoms with E-state index in [1.807, 2.05) is 5.48 Å². The zero-order valence-corrected chi connectivity index (χ0v) is 9.67. The summed E-state index contributed by atoms with van der Waals surface area (Å²) < 4.78 is 10.2. The van der Waals surface area contributed by atoms with Crippen LogP contribution in [0.4, 0.5) is 0 Å². The molecular weight excluding hydrogens is 234 g/mol. The Hall–Kier alpha value is -1.30. The highest BCUT2D eigenvalue weighted by atomic mass is 35.5. The van der Waals surface area contributed by atoms with Gasteiger partial charge >= 0.3 is 0 Å². The third kappa shape index (κ3) is 2.27. The van der Waals surface area contributed by atoms with E-state index < -0.39 is 0 Å². The molecule has 6 heteroatoms. The largest absolute Gasteiger partial charge is 0.492 e. The molecule has 16 heavy (non-hydrogen) atoms. The second-order valence-electron chi connectivity index (χ2n) is 2.95. The lowest BCUT2D eigenvalue weighted by Gasteiger charge is -2.15. The molecule has 0 aliphatic heterocycles. The Kier molecular flexibility index (Phi) is 4.54. The number of ether oxygens (including phenoxy) is 2. The lowest BCUT2D eigenvalue weighted by atomic mass is 10.1. The quantitative estimate of drug-likeness (QED) is 0.610. The molecule has 0 fully saturated rings. The Bertz CT molecular complexity index is 395. The molecule has 0 spiro atoms. The fraction of sp³-hybridized carbons (Fsp3) is 0.300. The number of benzene rings is 1. The third-order valence-corrected chi connectivity index (χ3v) is 2.41. The van der Waals surface area contributed by atoms with Crippen molar-refractivity contribution in [2.24, 2.45) is 0 Å². The van der Waals surface area contributed by atoms with Gasteiger partial charge in [0.2, 0.25) is 0 Å². The lowest BCUT2D eigenvalue weighted by molar-refractivity contribution is 0.112. The fourth-order valence-corrected chi connectivity index (χ4v) is 1.69. The Morgan fingerprint density at radius 2 is 2.06 bits per heavy atom. The van der Waals surface area contributed by atoms with Crippen LogP contribution in [0.3, 0.4) is 0 Å². The zero-order valence-electron chi connectivity index (χ0n) is 8.91. The van der Waals surface area contributed by atoms with Crippen molar-refractivity contribution in [2.75, 3.05) is 14.2 Å². The third-order valence-electron chi connectivity index (χ3n) is 2.10. The van der Waals surface area contributed by atoms with Gasteiger partial charge in [0.15, 0.2) is 17.8 Å². The number of hydrogen-bond acceptors (Lipinski definition) is 5. The van der Waals surface area contributed by atoms with Gasteiger partial charge in [-0.05, 0) is 6.07 Å². The maximum absolute atomic E-state index is 10.9. The molecule has 2 N–H and O–H groups in total. The summed E-state index contributed by atoms with van der Waals surface area (Å²) in [6.07, 6.45) is 0.597. The summed E-state index contributed by atoms with van der Waals surface area (Å²) in [5, 5.41) is 8.91. The minimum Gasteiger partial charge on any atom is -0.492 e. The number of hydrogen-bond donors (Lipinski definition) is 2. The Labute approximate surface area is 97.9 Å². The van der Waals surface area contributed by atoms with Crippen LogP contribution >= 0.6 is 11.6 Å². The van der Waals surface area contributed by atoms with Gasteiger partial charge in [-0.25, -0.2) is 5.48 Å². The molecule has 0 aliphatic carbocycles. The summed E-state index contributed by atoms with van der Waals surface area (Å²) in [6, 6.07) is 1.54. The van der Waals surface area contributed by atoms with Gasteiger partial charge < -0.3 is 14.7 Å². The van der Waals surface area contributed by atoms with Crippen LogP contribution in [0.1, 0.15) is 15.9 Å². The van der Waals surface area contributed by atoms with Crippen molar-refractivity contribution >= 4 is 17.9 Å². The van der Waals surface area contributed by atoms with Crippen molar-refractivity contribution in [3.05, 3.63) is 22.2 Å². The van der Waals surface area contributed by atoms with Crippen molar-refractivity contribution in [2.45, 2.75) is 6.54 Å². The number of aldehydes is 1. The summed E-state index contributed by atoms with van der Waals surface area (Å²) in [4.78, 5) is 10.9. The predicted molar refractivity (Wildman–Crippen MR) is 58.6 cm³/mol. The van der Waals surface area contributed by atoms with Gasteiger partial charge in [0.25, 0.3) is 0 Å². The van der Waals surface area contributed by atoms with Gasteiger partial charge in [0.1, 0.15) is 0 Å². The van der Waals surface area contributed by atoms with Crippen LogP contribution in [0.25, 0.3) is 0 Å². The van der Waals surface area contributed by atoms with Crippen molar-refractivity contribution in [3.8, 4) is 11.5 Å². The number of halogens is 1. The fourth-order valence-electron chi connectivity index (χ4n) is 1.43. The smallest absolute Gasteiger partial charge is 0.173 e. The number of carbonyl (C=O) groups excluding carboxylic acids is 1. The van der Waals surface area contributed by atoms with Gasteiger partial charge in [-0.2, -0.15) is 0 Å². The van der Waals surface area contributed by atoms with E-state index in [2.05, 4.69) is 0 Å². The summed E-state index contributed by atoms with van der Waals surface area (Å²) in [5.41, 5.74) is 2.81. The molecular formula is C10H12ClNO4. The SMILES string of the molecule is COc1c(CNO)cc(Cl)c(C=O)c1OC. The number of carbonyl (C=O) groups is 1. The molecule has 0 aliphatic rings.